The van der Waals surface area contributed by atoms with Crippen molar-refractivity contribution in [2.45, 2.75) is 19.4 Å². The fraction of sp³-hybridized carbons (Fsp3) is 0.381. The van der Waals surface area contributed by atoms with E-state index in [2.05, 4.69) is 40.5 Å². The van der Waals surface area contributed by atoms with Gasteiger partial charge in [0.25, 0.3) is 0 Å². The van der Waals surface area contributed by atoms with Crippen LogP contribution in [-0.2, 0) is 6.54 Å². The van der Waals surface area contributed by atoms with Crippen LogP contribution in [0.4, 0.5) is 5.95 Å². The van der Waals surface area contributed by atoms with Crippen LogP contribution in [0.2, 0.25) is 5.02 Å². The van der Waals surface area contributed by atoms with Crippen molar-refractivity contribution in [3.05, 3.63) is 59.1 Å². The monoisotopic (exact) mass is 496 g/mol. The second-order valence-electron chi connectivity index (χ2n) is 7.78. The van der Waals surface area contributed by atoms with Crippen molar-refractivity contribution in [2.24, 2.45) is 5.92 Å². The van der Waals surface area contributed by atoms with Crippen LogP contribution in [-0.4, -0.2) is 41.1 Å². The highest BCUT2D eigenvalue weighted by atomic mass is 127. The van der Waals surface area contributed by atoms with E-state index in [9.17, 15) is 0 Å². The summed E-state index contributed by atoms with van der Waals surface area (Å²) in [6, 6.07) is 16.5. The molecule has 0 saturated carbocycles. The summed E-state index contributed by atoms with van der Waals surface area (Å²) in [7, 11) is 2.37. The van der Waals surface area contributed by atoms with Gasteiger partial charge in [-0.05, 0) is 30.2 Å². The number of para-hydroxylation sites is 2. The highest BCUT2D eigenvalue weighted by Crippen LogP contribution is 2.25. The van der Waals surface area contributed by atoms with E-state index in [4.69, 9.17) is 11.6 Å². The number of hydrogen-bond donors (Lipinski definition) is 2. The molecule has 0 bridgehead atoms. The van der Waals surface area contributed by atoms with Crippen LogP contribution in [0.1, 0.15) is 18.4 Å². The van der Waals surface area contributed by atoms with Crippen molar-refractivity contribution in [1.29, 1.82) is 0 Å². The summed E-state index contributed by atoms with van der Waals surface area (Å²) in [5.74, 6) is 1.59. The number of nitrogens with one attached hydrogen (secondary N) is 2. The van der Waals surface area contributed by atoms with Gasteiger partial charge in [-0.25, -0.2) is 4.98 Å². The van der Waals surface area contributed by atoms with Crippen LogP contribution < -0.4 is 29.3 Å². The van der Waals surface area contributed by atoms with E-state index in [-0.39, 0.29) is 24.0 Å². The number of hydrogen-bond acceptors (Lipinski definition) is 2. The molecular formula is C21H26ClIN4. The predicted molar refractivity (Wildman–Crippen MR) is 108 cm³/mol. The molecule has 1 saturated heterocycles. The van der Waals surface area contributed by atoms with Gasteiger partial charge in [-0.2, -0.15) is 0 Å². The Morgan fingerprint density at radius 1 is 1.11 bits per heavy atom. The lowest BCUT2D eigenvalue weighted by molar-refractivity contribution is -0.928. The molecule has 27 heavy (non-hydrogen) atoms. The number of aromatic amines is 1. The molecule has 0 spiro atoms. The van der Waals surface area contributed by atoms with Gasteiger partial charge in [0.05, 0.1) is 31.2 Å². The van der Waals surface area contributed by atoms with E-state index in [0.717, 1.165) is 39.6 Å². The summed E-state index contributed by atoms with van der Waals surface area (Å²) >= 11 is 6.00. The maximum Gasteiger partial charge on any atom is 0.201 e. The van der Waals surface area contributed by atoms with Crippen molar-refractivity contribution in [1.82, 2.24) is 9.97 Å². The lowest BCUT2D eigenvalue weighted by atomic mass is 9.94. The Bertz CT molecular complexity index is 836. The highest BCUT2D eigenvalue weighted by Gasteiger charge is 2.30. The molecule has 2 N–H and O–H groups in total. The molecule has 1 aromatic heterocycles. The molecule has 1 aliphatic rings. The number of nitrogens with zero attached hydrogens (tertiary/aromatic N) is 2. The minimum absolute atomic E-state index is 0. The molecule has 1 fully saturated rings. The second kappa shape index (κ2) is 8.80. The van der Waals surface area contributed by atoms with Crippen LogP contribution in [0.5, 0.6) is 0 Å². The molecule has 2 aromatic carbocycles. The smallest absolute Gasteiger partial charge is 0.201 e. The number of quaternary nitrogens is 1. The standard InChI is InChI=1S/C21H26ClN4.HI/c1-26(15-17-6-8-18(22)9-7-17)12-10-16(11-13-26)14-23-21-24-19-4-2-3-5-20(19)25-21;/h2-9,16H,10-15H2,1H3,(H2,23,24,25);1H/q+1;/p-1. The number of likely N-dealkylation sites (tertiary alicyclic amines) is 1. The lowest BCUT2D eigenvalue weighted by Crippen LogP contribution is -3.00. The van der Waals surface area contributed by atoms with Crippen LogP contribution in [0.15, 0.2) is 48.5 Å². The molecule has 6 heteroatoms. The molecule has 1 aliphatic heterocycles. The van der Waals surface area contributed by atoms with Crippen LogP contribution in [0, 0.1) is 5.92 Å². The number of fused-ring (bicyclic) bond motifs is 1. The third-order valence-corrected chi connectivity index (χ3v) is 5.83. The molecule has 144 valence electrons. The van der Waals surface area contributed by atoms with E-state index in [0.29, 0.717) is 5.92 Å². The van der Waals surface area contributed by atoms with Gasteiger partial charge in [0.1, 0.15) is 6.54 Å². The van der Waals surface area contributed by atoms with E-state index < -0.39 is 0 Å². The van der Waals surface area contributed by atoms with Crippen LogP contribution in [0.3, 0.4) is 0 Å². The SMILES string of the molecule is C[N+]1(Cc2ccc(Cl)cc2)CCC(CNc2nc3ccccc3[nH]2)CC1.[I-]. The van der Waals surface area contributed by atoms with Gasteiger partial charge in [-0.1, -0.05) is 35.9 Å². The van der Waals surface area contributed by atoms with E-state index >= 15 is 0 Å². The molecule has 0 unspecified atom stereocenters. The predicted octanol–water partition coefficient (Wildman–Crippen LogP) is 1.69. The van der Waals surface area contributed by atoms with Gasteiger partial charge in [-0.15, -0.1) is 0 Å². The summed E-state index contributed by atoms with van der Waals surface area (Å²) in [4.78, 5) is 7.96. The largest absolute Gasteiger partial charge is 1.00 e. The first-order chi connectivity index (χ1) is 12.6. The summed E-state index contributed by atoms with van der Waals surface area (Å²) in [6.45, 7) is 4.51. The zero-order chi connectivity index (χ0) is 18.0. The van der Waals surface area contributed by atoms with Gasteiger partial charge >= 0.3 is 0 Å². The minimum atomic E-state index is 0. The normalized spacial score (nSPS) is 22.4. The second-order valence-corrected chi connectivity index (χ2v) is 8.21. The molecule has 0 radical (unpaired) electrons. The van der Waals surface area contributed by atoms with Gasteiger partial charge in [-0.3, -0.25) is 0 Å². The molecule has 0 amide bonds. The van der Waals surface area contributed by atoms with Crippen LogP contribution in [0.25, 0.3) is 11.0 Å². The van der Waals surface area contributed by atoms with Gasteiger partial charge < -0.3 is 38.8 Å². The van der Waals surface area contributed by atoms with Crippen molar-refractivity contribution in [3.63, 3.8) is 0 Å². The molecule has 2 heterocycles. The minimum Gasteiger partial charge on any atom is -1.00 e. The Morgan fingerprint density at radius 3 is 2.52 bits per heavy atom. The Kier molecular flexibility index (Phi) is 6.65. The zero-order valence-corrected chi connectivity index (χ0v) is 18.5. The number of anilines is 1. The number of halogens is 2. The Balaban J connectivity index is 0.00000210. The van der Waals surface area contributed by atoms with Crippen molar-refractivity contribution in [2.75, 3.05) is 32.0 Å². The molecule has 0 atom stereocenters. The van der Waals surface area contributed by atoms with E-state index in [1.165, 1.54) is 31.5 Å². The molecule has 4 nitrogen and oxygen atoms in total. The number of piperidine rings is 1. The summed E-state index contributed by atoms with van der Waals surface area (Å²) in [5, 5.41) is 4.31. The molecule has 0 aliphatic carbocycles. The fourth-order valence-electron chi connectivity index (χ4n) is 3.91. The lowest BCUT2D eigenvalue weighted by Gasteiger charge is -2.40. The third kappa shape index (κ3) is 5.15. The van der Waals surface area contributed by atoms with E-state index in [1.807, 2.05) is 30.3 Å². The Labute approximate surface area is 182 Å². The van der Waals surface area contributed by atoms with Gasteiger partial charge in [0.15, 0.2) is 0 Å². The van der Waals surface area contributed by atoms with Gasteiger partial charge in [0.2, 0.25) is 5.95 Å². The summed E-state index contributed by atoms with van der Waals surface area (Å²) in [6.07, 6.45) is 2.49. The first kappa shape index (κ1) is 20.4. The van der Waals surface area contributed by atoms with Crippen LogP contribution >= 0.6 is 11.6 Å². The molecule has 3 aromatic rings. The number of aromatic nitrogens is 2. The maximum absolute atomic E-state index is 6.00. The first-order valence-electron chi connectivity index (χ1n) is 9.36. The number of rotatable bonds is 5. The third-order valence-electron chi connectivity index (χ3n) is 5.58. The first-order valence-corrected chi connectivity index (χ1v) is 9.74. The summed E-state index contributed by atoms with van der Waals surface area (Å²) < 4.78 is 1.11. The average molecular weight is 497 g/mol. The van der Waals surface area contributed by atoms with Crippen molar-refractivity contribution < 1.29 is 28.5 Å². The maximum atomic E-state index is 6.00. The number of imidazole rings is 1. The molecular weight excluding hydrogens is 471 g/mol. The Hall–Kier alpha value is -1.31. The highest BCUT2D eigenvalue weighted by molar-refractivity contribution is 6.30. The quantitative estimate of drug-likeness (QED) is 0.417. The number of benzene rings is 2. The average Bonchev–Trinajstić information content (AvgIpc) is 3.06. The van der Waals surface area contributed by atoms with Gasteiger partial charge in [0, 0.05) is 30.0 Å². The molecule has 4 rings (SSSR count). The van der Waals surface area contributed by atoms with Crippen molar-refractivity contribution >= 4 is 28.6 Å². The topological polar surface area (TPSA) is 40.7 Å². The zero-order valence-electron chi connectivity index (χ0n) is 15.6. The fourth-order valence-corrected chi connectivity index (χ4v) is 4.04. The Morgan fingerprint density at radius 2 is 1.81 bits per heavy atom. The van der Waals surface area contributed by atoms with E-state index in [1.54, 1.807) is 0 Å². The summed E-state index contributed by atoms with van der Waals surface area (Å²) in [5.41, 5.74) is 3.48. The number of H-pyrrole nitrogens is 1. The van der Waals surface area contributed by atoms with Crippen molar-refractivity contribution in [3.8, 4) is 0 Å².